The van der Waals surface area contributed by atoms with E-state index in [4.69, 9.17) is 4.74 Å². The summed E-state index contributed by atoms with van der Waals surface area (Å²) in [6.07, 6.45) is 0. The summed E-state index contributed by atoms with van der Waals surface area (Å²) in [4.78, 5) is 0. The van der Waals surface area contributed by atoms with Gasteiger partial charge in [0.15, 0.2) is 0 Å². The molecule has 1 aromatic carbocycles. The van der Waals surface area contributed by atoms with Crippen molar-refractivity contribution >= 4 is 42.1 Å². The van der Waals surface area contributed by atoms with Crippen LogP contribution in [0.3, 0.4) is 0 Å². The Morgan fingerprint density at radius 3 is 2.50 bits per heavy atom. The lowest BCUT2D eigenvalue weighted by atomic mass is 10.2. The van der Waals surface area contributed by atoms with Crippen LogP contribution in [0.2, 0.25) is 0 Å². The number of hydrogen-bond donors (Lipinski definition) is 0. The van der Waals surface area contributed by atoms with Crippen molar-refractivity contribution in [2.45, 2.75) is 12.7 Å². The van der Waals surface area contributed by atoms with Gasteiger partial charge in [0.05, 0.1) is 11.1 Å². The Morgan fingerprint density at radius 1 is 1.38 bits per heavy atom. The van der Waals surface area contributed by atoms with E-state index in [2.05, 4.69) is 31.9 Å². The third-order valence-corrected chi connectivity index (χ3v) is 3.40. The number of hydrogen-bond acceptors (Lipinski definition) is 3. The lowest BCUT2D eigenvalue weighted by Crippen LogP contribution is -2.02. The average molecular weight is 376 g/mol. The van der Waals surface area contributed by atoms with Crippen molar-refractivity contribution in [3.63, 3.8) is 0 Å². The van der Waals surface area contributed by atoms with Crippen molar-refractivity contribution < 1.29 is 17.0 Å². The van der Waals surface area contributed by atoms with E-state index in [0.29, 0.717) is 21.3 Å². The van der Waals surface area contributed by atoms with Gasteiger partial charge in [0.2, 0.25) is 0 Å². The Morgan fingerprint density at radius 2 is 2.00 bits per heavy atom. The molecule has 90 valence electrons. The normalized spacial score (nSPS) is 11.5. The quantitative estimate of drug-likeness (QED) is 0.757. The van der Waals surface area contributed by atoms with Crippen LogP contribution < -0.4 is 4.74 Å². The fourth-order valence-corrected chi connectivity index (χ4v) is 3.23. The maximum absolute atomic E-state index is 12.6. The number of ether oxygens (including phenoxy) is 1. The molecular weight excluding hydrogens is 367 g/mol. The zero-order chi connectivity index (χ0) is 12.3. The maximum Gasteiger partial charge on any atom is 0.306 e. The predicted octanol–water partition coefficient (Wildman–Crippen LogP) is 3.41. The topological polar surface area (TPSA) is 43.4 Å². The minimum absolute atomic E-state index is 0.283. The van der Waals surface area contributed by atoms with E-state index in [-0.39, 0.29) is 5.56 Å². The van der Waals surface area contributed by atoms with Crippen LogP contribution >= 0.6 is 31.9 Å². The second-order valence-electron chi connectivity index (χ2n) is 2.99. The lowest BCUT2D eigenvalue weighted by molar-refractivity contribution is 0.335. The third-order valence-electron chi connectivity index (χ3n) is 1.70. The molecule has 0 amide bonds. The lowest BCUT2D eigenvalue weighted by Gasteiger charge is -2.11. The minimum Gasteiger partial charge on any atom is -0.492 e. The molecule has 0 saturated carbocycles. The van der Waals surface area contributed by atoms with Crippen LogP contribution in [0.1, 0.15) is 12.5 Å². The van der Waals surface area contributed by atoms with Crippen molar-refractivity contribution in [2.24, 2.45) is 0 Å². The number of rotatable bonds is 4. The molecule has 0 fully saturated rings. The molecule has 0 atom stereocenters. The highest BCUT2D eigenvalue weighted by Gasteiger charge is 2.16. The van der Waals surface area contributed by atoms with Gasteiger partial charge in [-0.25, -0.2) is 0 Å². The van der Waals surface area contributed by atoms with E-state index in [1.165, 1.54) is 6.07 Å². The van der Waals surface area contributed by atoms with Crippen LogP contribution in [0.15, 0.2) is 21.1 Å². The summed E-state index contributed by atoms with van der Waals surface area (Å²) < 4.78 is 40.4. The second-order valence-corrected chi connectivity index (χ2v) is 6.13. The summed E-state index contributed by atoms with van der Waals surface area (Å²) >= 11 is 6.44. The van der Waals surface area contributed by atoms with Crippen LogP contribution in [0.5, 0.6) is 5.75 Å². The van der Waals surface area contributed by atoms with Crippen LogP contribution in [-0.4, -0.2) is 15.0 Å². The molecule has 0 aliphatic carbocycles. The zero-order valence-corrected chi connectivity index (χ0v) is 12.3. The summed E-state index contributed by atoms with van der Waals surface area (Å²) in [6.45, 7) is 2.14. The van der Waals surface area contributed by atoms with Gasteiger partial charge in [-0.2, -0.15) is 8.42 Å². The molecule has 7 heteroatoms. The highest BCUT2D eigenvalue weighted by atomic mass is 79.9. The summed E-state index contributed by atoms with van der Waals surface area (Å²) in [5.41, 5.74) is 0.283. The van der Waals surface area contributed by atoms with Gasteiger partial charge in [-0.15, -0.1) is 3.89 Å². The highest BCUT2D eigenvalue weighted by molar-refractivity contribution is 9.11. The molecule has 16 heavy (non-hydrogen) atoms. The predicted molar refractivity (Wildman–Crippen MR) is 66.7 cm³/mol. The second kappa shape index (κ2) is 5.46. The third kappa shape index (κ3) is 4.03. The first-order valence-corrected chi connectivity index (χ1v) is 7.50. The van der Waals surface area contributed by atoms with Crippen molar-refractivity contribution in [3.05, 3.63) is 26.6 Å². The summed E-state index contributed by atoms with van der Waals surface area (Å²) in [6, 6.07) is 3.23. The highest BCUT2D eigenvalue weighted by Crippen LogP contribution is 2.34. The Hall–Kier alpha value is -0.140. The first-order valence-electron chi connectivity index (χ1n) is 4.36. The molecule has 0 bridgehead atoms. The van der Waals surface area contributed by atoms with E-state index in [0.717, 1.165) is 0 Å². The average Bonchev–Trinajstić information content (AvgIpc) is 2.08. The van der Waals surface area contributed by atoms with Crippen molar-refractivity contribution in [1.82, 2.24) is 0 Å². The van der Waals surface area contributed by atoms with Crippen molar-refractivity contribution in [3.8, 4) is 5.75 Å². The van der Waals surface area contributed by atoms with Gasteiger partial charge in [-0.05, 0) is 35.0 Å². The largest absolute Gasteiger partial charge is 0.492 e. The molecule has 0 unspecified atom stereocenters. The molecule has 0 spiro atoms. The first kappa shape index (κ1) is 13.9. The summed E-state index contributed by atoms with van der Waals surface area (Å²) in [5.74, 6) is -0.340. The molecule has 1 aromatic rings. The molecule has 0 aromatic heterocycles. The molecule has 0 aliphatic heterocycles. The molecule has 0 saturated heterocycles. The van der Waals surface area contributed by atoms with Gasteiger partial charge in [0.1, 0.15) is 11.5 Å². The first-order chi connectivity index (χ1) is 7.33. The Kier molecular flexibility index (Phi) is 4.75. The number of halogens is 3. The van der Waals surface area contributed by atoms with Crippen LogP contribution in [-0.2, 0) is 16.0 Å². The molecule has 1 rings (SSSR count). The minimum atomic E-state index is -4.57. The number of benzene rings is 1. The van der Waals surface area contributed by atoms with Gasteiger partial charge in [-0.1, -0.05) is 15.9 Å². The van der Waals surface area contributed by atoms with Gasteiger partial charge >= 0.3 is 10.2 Å². The van der Waals surface area contributed by atoms with Crippen LogP contribution in [0, 0.1) is 0 Å². The van der Waals surface area contributed by atoms with Crippen LogP contribution in [0.4, 0.5) is 3.89 Å². The Bertz CT molecular complexity index is 488. The smallest absolute Gasteiger partial charge is 0.306 e. The van der Waals surface area contributed by atoms with E-state index >= 15 is 0 Å². The summed E-state index contributed by atoms with van der Waals surface area (Å²) in [5, 5.41) is 0. The standard InChI is InChI=1S/C9H9Br2FO3S/c1-2-15-9-6(5-16(12,13)14)3-7(10)4-8(9)11/h3-4H,2,5H2,1H3. The monoisotopic (exact) mass is 374 g/mol. The SMILES string of the molecule is CCOc1c(Br)cc(Br)cc1CS(=O)(=O)F. The van der Waals surface area contributed by atoms with Gasteiger partial charge in [0.25, 0.3) is 0 Å². The van der Waals surface area contributed by atoms with E-state index in [1.54, 1.807) is 13.0 Å². The Labute approximate surface area is 110 Å². The van der Waals surface area contributed by atoms with E-state index < -0.39 is 16.0 Å². The van der Waals surface area contributed by atoms with Gasteiger partial charge in [-0.3, -0.25) is 0 Å². The van der Waals surface area contributed by atoms with Gasteiger partial charge in [0, 0.05) is 10.0 Å². The molecule has 0 heterocycles. The maximum atomic E-state index is 12.6. The molecule has 0 N–H and O–H groups in total. The van der Waals surface area contributed by atoms with E-state index in [1.807, 2.05) is 0 Å². The zero-order valence-electron chi connectivity index (χ0n) is 8.34. The summed E-state index contributed by atoms with van der Waals surface area (Å²) in [7, 11) is -4.57. The molecular formula is C9H9Br2FO3S. The van der Waals surface area contributed by atoms with Crippen molar-refractivity contribution in [2.75, 3.05) is 6.61 Å². The van der Waals surface area contributed by atoms with Crippen molar-refractivity contribution in [1.29, 1.82) is 0 Å². The van der Waals surface area contributed by atoms with Crippen LogP contribution in [0.25, 0.3) is 0 Å². The fraction of sp³-hybridized carbons (Fsp3) is 0.333. The molecule has 0 radical (unpaired) electrons. The van der Waals surface area contributed by atoms with Gasteiger partial charge < -0.3 is 4.74 Å². The fourth-order valence-electron chi connectivity index (χ4n) is 1.21. The molecule has 3 nitrogen and oxygen atoms in total. The molecule has 0 aliphatic rings. The Balaban J connectivity index is 3.23. The van der Waals surface area contributed by atoms with E-state index in [9.17, 15) is 12.3 Å².